The quantitative estimate of drug-likeness (QED) is 0.431. The van der Waals surface area contributed by atoms with E-state index in [9.17, 15) is 9.59 Å². The maximum atomic E-state index is 13.3. The molecule has 3 aromatic carbocycles. The molecule has 0 aromatic heterocycles. The van der Waals surface area contributed by atoms with Crippen LogP contribution in [0.5, 0.6) is 5.75 Å². The summed E-state index contributed by atoms with van der Waals surface area (Å²) in [6.07, 6.45) is 1.94. The van der Waals surface area contributed by atoms with E-state index in [1.807, 2.05) is 54.6 Å². The number of carbonyl (C=O) groups is 2. The van der Waals surface area contributed by atoms with E-state index in [4.69, 9.17) is 9.47 Å². The fraction of sp³-hybridized carbons (Fsp3) is 0.379. The SMILES string of the molecule is CC(C)(C)OC(=O)N(CCCCNCC1Cc2ccccc2O1)C(=O)c1ccc2ccccc2c1. The Morgan fingerprint density at radius 1 is 1.00 bits per heavy atom. The number of rotatable bonds is 8. The maximum Gasteiger partial charge on any atom is 0.417 e. The molecule has 0 fully saturated rings. The maximum absolute atomic E-state index is 13.3. The van der Waals surface area contributed by atoms with Crippen LogP contribution in [0, 0.1) is 0 Å². The zero-order valence-corrected chi connectivity index (χ0v) is 20.8. The number of amides is 2. The molecule has 35 heavy (non-hydrogen) atoms. The normalized spacial score (nSPS) is 14.9. The molecular weight excluding hydrogens is 440 g/mol. The van der Waals surface area contributed by atoms with Crippen molar-refractivity contribution >= 4 is 22.8 Å². The Bertz CT molecular complexity index is 1160. The summed E-state index contributed by atoms with van der Waals surface area (Å²) in [7, 11) is 0. The molecule has 1 unspecified atom stereocenters. The van der Waals surface area contributed by atoms with Crippen LogP contribution in [-0.4, -0.2) is 48.2 Å². The van der Waals surface area contributed by atoms with Crippen molar-refractivity contribution in [2.24, 2.45) is 0 Å². The van der Waals surface area contributed by atoms with Crippen LogP contribution in [0.4, 0.5) is 4.79 Å². The summed E-state index contributed by atoms with van der Waals surface area (Å²) in [5, 5.41) is 5.45. The summed E-state index contributed by atoms with van der Waals surface area (Å²) in [4.78, 5) is 27.4. The molecule has 0 radical (unpaired) electrons. The van der Waals surface area contributed by atoms with Gasteiger partial charge in [-0.1, -0.05) is 48.5 Å². The first-order valence-electron chi connectivity index (χ1n) is 12.3. The van der Waals surface area contributed by atoms with Crippen molar-refractivity contribution in [3.05, 3.63) is 77.9 Å². The van der Waals surface area contributed by atoms with Crippen molar-refractivity contribution in [3.63, 3.8) is 0 Å². The van der Waals surface area contributed by atoms with Gasteiger partial charge in [-0.3, -0.25) is 4.79 Å². The predicted octanol–water partition coefficient (Wildman–Crippen LogP) is 5.59. The van der Waals surface area contributed by atoms with Gasteiger partial charge in [-0.05, 0) is 74.7 Å². The second-order valence-electron chi connectivity index (χ2n) is 9.96. The van der Waals surface area contributed by atoms with Gasteiger partial charge in [-0.15, -0.1) is 0 Å². The van der Waals surface area contributed by atoms with Crippen LogP contribution >= 0.6 is 0 Å². The number of hydrogen-bond acceptors (Lipinski definition) is 5. The summed E-state index contributed by atoms with van der Waals surface area (Å²) in [6, 6.07) is 21.5. The number of unbranched alkanes of at least 4 members (excludes halogenated alkanes) is 1. The Balaban J connectivity index is 1.30. The highest BCUT2D eigenvalue weighted by Crippen LogP contribution is 2.27. The van der Waals surface area contributed by atoms with Crippen LogP contribution < -0.4 is 10.1 Å². The molecule has 4 rings (SSSR count). The minimum absolute atomic E-state index is 0.139. The highest BCUT2D eigenvalue weighted by Gasteiger charge is 2.28. The van der Waals surface area contributed by atoms with Crippen LogP contribution in [0.2, 0.25) is 0 Å². The van der Waals surface area contributed by atoms with E-state index >= 15 is 0 Å². The minimum atomic E-state index is -0.681. The van der Waals surface area contributed by atoms with Gasteiger partial charge >= 0.3 is 6.09 Å². The monoisotopic (exact) mass is 474 g/mol. The Hall–Kier alpha value is -3.38. The molecule has 1 N–H and O–H groups in total. The lowest BCUT2D eigenvalue weighted by molar-refractivity contribution is 0.0239. The average molecular weight is 475 g/mol. The molecule has 6 nitrogen and oxygen atoms in total. The number of carbonyl (C=O) groups excluding carboxylic acids is 2. The van der Waals surface area contributed by atoms with Crippen LogP contribution in [0.15, 0.2) is 66.7 Å². The Kier molecular flexibility index (Phi) is 7.71. The molecule has 1 aliphatic heterocycles. The summed E-state index contributed by atoms with van der Waals surface area (Å²) < 4.78 is 11.5. The molecule has 184 valence electrons. The molecule has 0 aliphatic carbocycles. The average Bonchev–Trinajstić information content (AvgIpc) is 3.24. The van der Waals surface area contributed by atoms with Gasteiger partial charge in [0.15, 0.2) is 0 Å². The highest BCUT2D eigenvalue weighted by atomic mass is 16.6. The third-order valence-corrected chi connectivity index (χ3v) is 5.93. The van der Waals surface area contributed by atoms with Crippen molar-refractivity contribution in [1.29, 1.82) is 0 Å². The van der Waals surface area contributed by atoms with E-state index < -0.39 is 11.7 Å². The first-order chi connectivity index (χ1) is 16.8. The Morgan fingerprint density at radius 2 is 1.74 bits per heavy atom. The fourth-order valence-electron chi connectivity index (χ4n) is 4.22. The molecule has 0 saturated heterocycles. The summed E-state index contributed by atoms with van der Waals surface area (Å²) >= 11 is 0. The first-order valence-corrected chi connectivity index (χ1v) is 12.3. The van der Waals surface area contributed by atoms with Crippen molar-refractivity contribution in [1.82, 2.24) is 10.2 Å². The lowest BCUT2D eigenvalue weighted by atomic mass is 10.1. The first kappa shape index (κ1) is 24.7. The van der Waals surface area contributed by atoms with Crippen molar-refractivity contribution in [3.8, 4) is 5.75 Å². The zero-order valence-electron chi connectivity index (χ0n) is 20.8. The lowest BCUT2D eigenvalue weighted by Gasteiger charge is -2.26. The smallest absolute Gasteiger partial charge is 0.417 e. The molecule has 6 heteroatoms. The molecule has 1 aliphatic rings. The lowest BCUT2D eigenvalue weighted by Crippen LogP contribution is -2.41. The van der Waals surface area contributed by atoms with Crippen LogP contribution in [0.3, 0.4) is 0 Å². The van der Waals surface area contributed by atoms with Crippen LogP contribution in [0.25, 0.3) is 10.8 Å². The molecule has 1 atom stereocenters. The molecule has 0 spiro atoms. The van der Waals surface area contributed by atoms with E-state index in [1.54, 1.807) is 26.8 Å². The number of para-hydroxylation sites is 1. The van der Waals surface area contributed by atoms with Gasteiger partial charge in [0.1, 0.15) is 17.5 Å². The standard InChI is InChI=1S/C29H34N2O4/c1-29(2,3)35-28(33)31(27(32)24-15-14-21-10-4-5-11-22(21)18-24)17-9-8-16-30-20-25-19-23-12-6-7-13-26(23)34-25/h4-7,10-15,18,25,30H,8-9,16-17,19-20H2,1-3H3. The number of nitrogens with zero attached hydrogens (tertiary/aromatic N) is 1. The number of imide groups is 1. The molecule has 2 amide bonds. The van der Waals surface area contributed by atoms with E-state index in [2.05, 4.69) is 11.4 Å². The third-order valence-electron chi connectivity index (χ3n) is 5.93. The van der Waals surface area contributed by atoms with Gasteiger partial charge in [0.25, 0.3) is 5.91 Å². The van der Waals surface area contributed by atoms with E-state index in [0.717, 1.165) is 42.5 Å². The van der Waals surface area contributed by atoms with Gasteiger partial charge in [-0.2, -0.15) is 0 Å². The fourth-order valence-corrected chi connectivity index (χ4v) is 4.22. The zero-order chi connectivity index (χ0) is 24.8. The van der Waals surface area contributed by atoms with Gasteiger partial charge in [0.2, 0.25) is 0 Å². The molecule has 0 bridgehead atoms. The molecule has 3 aromatic rings. The number of benzene rings is 3. The Labute approximate surface area is 207 Å². The third kappa shape index (κ3) is 6.61. The van der Waals surface area contributed by atoms with E-state index in [0.29, 0.717) is 18.5 Å². The molecule has 0 saturated carbocycles. The summed E-state index contributed by atoms with van der Waals surface area (Å²) in [5.41, 5.74) is 1.05. The highest BCUT2D eigenvalue weighted by molar-refractivity contribution is 6.05. The topological polar surface area (TPSA) is 67.9 Å². The van der Waals surface area contributed by atoms with Gasteiger partial charge < -0.3 is 14.8 Å². The van der Waals surface area contributed by atoms with Crippen LogP contribution in [-0.2, 0) is 11.2 Å². The predicted molar refractivity (Wildman–Crippen MR) is 138 cm³/mol. The van der Waals surface area contributed by atoms with Crippen LogP contribution in [0.1, 0.15) is 49.5 Å². The number of fused-ring (bicyclic) bond motifs is 2. The van der Waals surface area contributed by atoms with E-state index in [-0.39, 0.29) is 12.0 Å². The second kappa shape index (κ2) is 10.9. The van der Waals surface area contributed by atoms with E-state index in [1.165, 1.54) is 10.5 Å². The minimum Gasteiger partial charge on any atom is -0.488 e. The van der Waals surface area contributed by atoms with Crippen molar-refractivity contribution in [2.45, 2.75) is 51.7 Å². The second-order valence-corrected chi connectivity index (χ2v) is 9.96. The van der Waals surface area contributed by atoms with Gasteiger partial charge in [0, 0.05) is 25.1 Å². The van der Waals surface area contributed by atoms with Crippen molar-refractivity contribution < 1.29 is 19.1 Å². The largest absolute Gasteiger partial charge is 0.488 e. The van der Waals surface area contributed by atoms with Gasteiger partial charge in [-0.25, -0.2) is 9.69 Å². The number of nitrogens with one attached hydrogen (secondary N) is 1. The Morgan fingerprint density at radius 3 is 2.51 bits per heavy atom. The summed E-state index contributed by atoms with van der Waals surface area (Å²) in [6.45, 7) is 7.25. The molecule has 1 heterocycles. The van der Waals surface area contributed by atoms with Crippen molar-refractivity contribution in [2.75, 3.05) is 19.6 Å². The van der Waals surface area contributed by atoms with Gasteiger partial charge in [0.05, 0.1) is 0 Å². The number of ether oxygens (including phenoxy) is 2. The molecular formula is C29H34N2O4. The summed E-state index contributed by atoms with van der Waals surface area (Å²) in [5.74, 6) is 0.634. The number of hydrogen-bond donors (Lipinski definition) is 1.